The zero-order valence-electron chi connectivity index (χ0n) is 17.0. The first-order chi connectivity index (χ1) is 13.1. The third-order valence-corrected chi connectivity index (χ3v) is 4.48. The molecule has 2 nitrogen and oxygen atoms in total. The molecule has 2 aromatic rings. The van der Waals surface area contributed by atoms with Gasteiger partial charge in [0.25, 0.3) is 0 Å². The molecule has 3 rings (SSSR count). The normalized spacial score (nSPS) is 14.8. The fourth-order valence-corrected chi connectivity index (χ4v) is 3.17. The maximum atomic E-state index is 6.41. The zero-order chi connectivity index (χ0) is 19.5. The van der Waals surface area contributed by atoms with Crippen LogP contribution in [0.5, 0.6) is 0 Å². The SMILES string of the molecule is CCC.Cc1cccc(CN/C(=C\C(N)c2ccccc2)C2=CCCC2)c1. The lowest BCUT2D eigenvalue weighted by Crippen LogP contribution is -2.17. The predicted octanol–water partition coefficient (Wildman–Crippen LogP) is 6.20. The average molecular weight is 363 g/mol. The van der Waals surface area contributed by atoms with Gasteiger partial charge in [-0.15, -0.1) is 0 Å². The van der Waals surface area contributed by atoms with Gasteiger partial charge in [0.05, 0.1) is 6.04 Å². The van der Waals surface area contributed by atoms with E-state index in [1.54, 1.807) is 0 Å². The second-order valence-corrected chi connectivity index (χ2v) is 7.19. The Kier molecular flexibility index (Phi) is 8.86. The molecule has 0 saturated carbocycles. The Morgan fingerprint density at radius 3 is 2.48 bits per heavy atom. The molecule has 0 saturated heterocycles. The number of allylic oxidation sites excluding steroid dienone is 2. The Balaban J connectivity index is 0.000000817. The number of nitrogens with two attached hydrogens (primary N) is 1. The Morgan fingerprint density at radius 2 is 1.85 bits per heavy atom. The van der Waals surface area contributed by atoms with Gasteiger partial charge in [0, 0.05) is 12.2 Å². The molecule has 0 amide bonds. The minimum atomic E-state index is -0.0901. The summed E-state index contributed by atoms with van der Waals surface area (Å²) in [4.78, 5) is 0. The fourth-order valence-electron chi connectivity index (χ4n) is 3.17. The van der Waals surface area contributed by atoms with Crippen molar-refractivity contribution in [3.05, 3.63) is 94.7 Å². The summed E-state index contributed by atoms with van der Waals surface area (Å²) in [6.07, 6.45) is 9.29. The molecule has 1 aliphatic carbocycles. The van der Waals surface area contributed by atoms with E-state index in [2.05, 4.69) is 74.6 Å². The first-order valence-electron chi connectivity index (χ1n) is 10.1. The van der Waals surface area contributed by atoms with Gasteiger partial charge in [0.15, 0.2) is 0 Å². The van der Waals surface area contributed by atoms with E-state index in [-0.39, 0.29) is 6.04 Å². The molecule has 1 aliphatic rings. The van der Waals surface area contributed by atoms with Crippen LogP contribution in [0.25, 0.3) is 0 Å². The number of rotatable bonds is 6. The van der Waals surface area contributed by atoms with Crippen LogP contribution in [0.3, 0.4) is 0 Å². The molecular weight excluding hydrogens is 328 g/mol. The van der Waals surface area contributed by atoms with Crippen molar-refractivity contribution in [3.63, 3.8) is 0 Å². The van der Waals surface area contributed by atoms with E-state index in [9.17, 15) is 0 Å². The van der Waals surface area contributed by atoms with Crippen molar-refractivity contribution in [1.82, 2.24) is 5.32 Å². The van der Waals surface area contributed by atoms with Gasteiger partial charge < -0.3 is 11.1 Å². The molecule has 0 aliphatic heterocycles. The second-order valence-electron chi connectivity index (χ2n) is 7.19. The zero-order valence-corrected chi connectivity index (χ0v) is 17.0. The van der Waals surface area contributed by atoms with Crippen LogP contribution in [0.1, 0.15) is 62.3 Å². The van der Waals surface area contributed by atoms with Crippen molar-refractivity contribution in [2.24, 2.45) is 5.73 Å². The molecule has 1 unspecified atom stereocenters. The predicted molar refractivity (Wildman–Crippen MR) is 117 cm³/mol. The molecule has 0 spiro atoms. The minimum absolute atomic E-state index is 0.0901. The smallest absolute Gasteiger partial charge is 0.0504 e. The van der Waals surface area contributed by atoms with E-state index in [4.69, 9.17) is 5.73 Å². The van der Waals surface area contributed by atoms with Gasteiger partial charge in [-0.25, -0.2) is 0 Å². The molecule has 1 atom stereocenters. The molecule has 27 heavy (non-hydrogen) atoms. The molecule has 0 fully saturated rings. The third kappa shape index (κ3) is 7.07. The summed E-state index contributed by atoms with van der Waals surface area (Å²) in [7, 11) is 0. The molecule has 0 aromatic heterocycles. The van der Waals surface area contributed by atoms with Gasteiger partial charge in [-0.2, -0.15) is 0 Å². The molecule has 0 heterocycles. The fraction of sp³-hybridized carbons (Fsp3) is 0.360. The van der Waals surface area contributed by atoms with Crippen LogP contribution in [0.2, 0.25) is 0 Å². The first-order valence-corrected chi connectivity index (χ1v) is 10.1. The van der Waals surface area contributed by atoms with Crippen molar-refractivity contribution >= 4 is 0 Å². The van der Waals surface area contributed by atoms with Crippen LogP contribution in [0.15, 0.2) is 78.0 Å². The quantitative estimate of drug-likeness (QED) is 0.642. The Bertz CT molecular complexity index is 744. The van der Waals surface area contributed by atoms with Crippen LogP contribution >= 0.6 is 0 Å². The maximum absolute atomic E-state index is 6.41. The maximum Gasteiger partial charge on any atom is 0.0504 e. The summed E-state index contributed by atoms with van der Waals surface area (Å²) in [5.74, 6) is 0. The Labute approximate surface area is 165 Å². The van der Waals surface area contributed by atoms with E-state index < -0.39 is 0 Å². The molecule has 3 N–H and O–H groups in total. The summed E-state index contributed by atoms with van der Waals surface area (Å²) in [6.45, 7) is 7.21. The number of hydrogen-bond acceptors (Lipinski definition) is 2. The van der Waals surface area contributed by atoms with Crippen LogP contribution in [-0.2, 0) is 6.54 Å². The standard InChI is InChI=1S/C22H26N2.C3H8/c1-17-8-7-9-18(14-17)16-24-22(20-12-5-6-13-20)15-21(23)19-10-3-2-4-11-19;1-3-2/h2-4,7-12,14-15,21,24H,5-6,13,16,23H2,1H3;3H2,1-2H3/b22-15-;. The van der Waals surface area contributed by atoms with Gasteiger partial charge >= 0.3 is 0 Å². The van der Waals surface area contributed by atoms with E-state index in [0.29, 0.717) is 0 Å². The lowest BCUT2D eigenvalue weighted by Gasteiger charge is -2.16. The largest absolute Gasteiger partial charge is 0.381 e. The summed E-state index contributed by atoms with van der Waals surface area (Å²) in [5.41, 5.74) is 12.7. The second kappa shape index (κ2) is 11.4. The van der Waals surface area contributed by atoms with E-state index in [1.165, 1.54) is 41.7 Å². The Hall–Kier alpha value is -2.32. The van der Waals surface area contributed by atoms with Crippen molar-refractivity contribution < 1.29 is 0 Å². The van der Waals surface area contributed by atoms with Gasteiger partial charge in [-0.1, -0.05) is 86.5 Å². The number of hydrogen-bond donors (Lipinski definition) is 2. The number of nitrogens with one attached hydrogen (secondary N) is 1. The summed E-state index contributed by atoms with van der Waals surface area (Å²) in [6, 6.07) is 18.8. The topological polar surface area (TPSA) is 38.0 Å². The van der Waals surface area contributed by atoms with Crippen molar-refractivity contribution in [3.8, 4) is 0 Å². The number of aryl methyl sites for hydroxylation is 1. The highest BCUT2D eigenvalue weighted by atomic mass is 14.9. The molecular formula is C25H34N2. The van der Waals surface area contributed by atoms with Crippen LogP contribution in [0, 0.1) is 6.92 Å². The van der Waals surface area contributed by atoms with Gasteiger partial charge in [-0.05, 0) is 49.0 Å². The van der Waals surface area contributed by atoms with Gasteiger partial charge in [0.1, 0.15) is 0 Å². The van der Waals surface area contributed by atoms with Crippen molar-refractivity contribution in [2.45, 2.75) is 59.0 Å². The van der Waals surface area contributed by atoms with Crippen molar-refractivity contribution in [2.75, 3.05) is 0 Å². The minimum Gasteiger partial charge on any atom is -0.381 e. The van der Waals surface area contributed by atoms with E-state index in [1.807, 2.05) is 18.2 Å². The average Bonchev–Trinajstić information content (AvgIpc) is 3.21. The molecule has 0 radical (unpaired) electrons. The highest BCUT2D eigenvalue weighted by molar-refractivity contribution is 5.36. The van der Waals surface area contributed by atoms with Gasteiger partial charge in [-0.3, -0.25) is 0 Å². The van der Waals surface area contributed by atoms with Crippen LogP contribution < -0.4 is 11.1 Å². The Morgan fingerprint density at radius 1 is 1.11 bits per heavy atom. The lowest BCUT2D eigenvalue weighted by atomic mass is 10.0. The summed E-state index contributed by atoms with van der Waals surface area (Å²) < 4.78 is 0. The van der Waals surface area contributed by atoms with Crippen LogP contribution in [0.4, 0.5) is 0 Å². The third-order valence-electron chi connectivity index (χ3n) is 4.48. The number of benzene rings is 2. The lowest BCUT2D eigenvalue weighted by molar-refractivity contribution is 0.777. The van der Waals surface area contributed by atoms with E-state index >= 15 is 0 Å². The molecule has 2 aromatic carbocycles. The molecule has 144 valence electrons. The van der Waals surface area contributed by atoms with Crippen LogP contribution in [-0.4, -0.2) is 0 Å². The molecule has 0 bridgehead atoms. The highest BCUT2D eigenvalue weighted by Crippen LogP contribution is 2.25. The summed E-state index contributed by atoms with van der Waals surface area (Å²) >= 11 is 0. The van der Waals surface area contributed by atoms with Crippen molar-refractivity contribution in [1.29, 1.82) is 0 Å². The molecule has 2 heteroatoms. The first kappa shape index (κ1) is 21.0. The summed E-state index contributed by atoms with van der Waals surface area (Å²) in [5, 5.41) is 3.62. The highest BCUT2D eigenvalue weighted by Gasteiger charge is 2.12. The van der Waals surface area contributed by atoms with E-state index in [0.717, 1.165) is 18.5 Å². The van der Waals surface area contributed by atoms with Gasteiger partial charge in [0.2, 0.25) is 0 Å². The monoisotopic (exact) mass is 362 g/mol.